The number of fused-ring (bicyclic) bond motifs is 1. The summed E-state index contributed by atoms with van der Waals surface area (Å²) in [5.74, 6) is -0.216. The van der Waals surface area contributed by atoms with Crippen molar-refractivity contribution in [2.75, 3.05) is 10.6 Å². The molecule has 0 aliphatic carbocycles. The predicted molar refractivity (Wildman–Crippen MR) is 105 cm³/mol. The van der Waals surface area contributed by atoms with E-state index in [4.69, 9.17) is 5.73 Å². The smallest absolute Gasteiger partial charge is 0.259 e. The standard InChI is InChI=1S/C21H16N4O2/c22-19(26)14-7-4-8-16(9-14)23-12-18-17-10-15(13-5-2-1-3-6-13)11-24-20(17)25-21(18)27/h1-12,23H,(H2,22,26)(H,24,25,27). The van der Waals surface area contributed by atoms with Gasteiger partial charge in [-0.15, -0.1) is 0 Å². The third kappa shape index (κ3) is 3.28. The van der Waals surface area contributed by atoms with E-state index in [1.54, 1.807) is 36.7 Å². The highest BCUT2D eigenvalue weighted by Gasteiger charge is 2.25. The minimum atomic E-state index is -0.507. The number of aromatic nitrogens is 1. The number of pyridine rings is 1. The summed E-state index contributed by atoms with van der Waals surface area (Å²) < 4.78 is 0. The molecule has 0 unspecified atom stereocenters. The Labute approximate surface area is 155 Å². The molecule has 6 heteroatoms. The maximum absolute atomic E-state index is 12.3. The maximum Gasteiger partial charge on any atom is 0.259 e. The van der Waals surface area contributed by atoms with Crippen molar-refractivity contribution >= 4 is 28.9 Å². The number of rotatable bonds is 4. The lowest BCUT2D eigenvalue weighted by Gasteiger charge is -2.06. The molecule has 27 heavy (non-hydrogen) atoms. The normalized spacial score (nSPS) is 13.9. The molecule has 0 radical (unpaired) electrons. The van der Waals surface area contributed by atoms with Crippen LogP contribution in [0.2, 0.25) is 0 Å². The Morgan fingerprint density at radius 1 is 1.04 bits per heavy atom. The minimum Gasteiger partial charge on any atom is -0.366 e. The van der Waals surface area contributed by atoms with Gasteiger partial charge in [0.2, 0.25) is 5.91 Å². The number of primary amides is 1. The van der Waals surface area contributed by atoms with Crippen molar-refractivity contribution in [3.8, 4) is 11.1 Å². The molecule has 2 amide bonds. The molecule has 2 aromatic carbocycles. The third-order valence-electron chi connectivity index (χ3n) is 4.29. The molecule has 0 saturated carbocycles. The number of anilines is 2. The van der Waals surface area contributed by atoms with Gasteiger partial charge in [-0.05, 0) is 29.8 Å². The van der Waals surface area contributed by atoms with Crippen LogP contribution in [-0.4, -0.2) is 16.8 Å². The van der Waals surface area contributed by atoms with Crippen LogP contribution in [0.3, 0.4) is 0 Å². The van der Waals surface area contributed by atoms with Gasteiger partial charge in [0, 0.05) is 34.8 Å². The first-order chi connectivity index (χ1) is 13.1. The number of nitrogens with zero attached hydrogens (tertiary/aromatic N) is 1. The molecule has 0 fully saturated rings. The van der Waals surface area contributed by atoms with E-state index in [-0.39, 0.29) is 5.91 Å². The van der Waals surface area contributed by atoms with Crippen LogP contribution in [0.15, 0.2) is 73.1 Å². The second-order valence-electron chi connectivity index (χ2n) is 6.09. The summed E-state index contributed by atoms with van der Waals surface area (Å²) in [6.45, 7) is 0. The third-order valence-corrected chi connectivity index (χ3v) is 4.29. The van der Waals surface area contributed by atoms with Gasteiger partial charge >= 0.3 is 0 Å². The van der Waals surface area contributed by atoms with E-state index in [9.17, 15) is 9.59 Å². The lowest BCUT2D eigenvalue weighted by molar-refractivity contribution is -0.110. The summed E-state index contributed by atoms with van der Waals surface area (Å²) >= 11 is 0. The summed E-state index contributed by atoms with van der Waals surface area (Å²) in [6, 6.07) is 18.5. The topological polar surface area (TPSA) is 97.1 Å². The maximum atomic E-state index is 12.3. The summed E-state index contributed by atoms with van der Waals surface area (Å²) in [4.78, 5) is 28.0. The monoisotopic (exact) mass is 356 g/mol. The average molecular weight is 356 g/mol. The van der Waals surface area contributed by atoms with Crippen LogP contribution in [0.5, 0.6) is 0 Å². The lowest BCUT2D eigenvalue weighted by atomic mass is 10.0. The van der Waals surface area contributed by atoms with Gasteiger partial charge in [0.05, 0.1) is 5.57 Å². The quantitative estimate of drug-likeness (QED) is 0.625. The Morgan fingerprint density at radius 3 is 2.63 bits per heavy atom. The van der Waals surface area contributed by atoms with Gasteiger partial charge in [0.15, 0.2) is 0 Å². The van der Waals surface area contributed by atoms with E-state index in [2.05, 4.69) is 15.6 Å². The fourth-order valence-electron chi connectivity index (χ4n) is 2.92. The van der Waals surface area contributed by atoms with Gasteiger partial charge in [-0.2, -0.15) is 0 Å². The van der Waals surface area contributed by atoms with Crippen molar-refractivity contribution in [1.29, 1.82) is 0 Å². The van der Waals surface area contributed by atoms with Crippen LogP contribution in [0.1, 0.15) is 15.9 Å². The largest absolute Gasteiger partial charge is 0.366 e. The molecule has 2 heterocycles. The van der Waals surface area contributed by atoms with Crippen LogP contribution < -0.4 is 16.4 Å². The molecule has 132 valence electrons. The Morgan fingerprint density at radius 2 is 1.85 bits per heavy atom. The van der Waals surface area contributed by atoms with Crippen LogP contribution >= 0.6 is 0 Å². The first-order valence-corrected chi connectivity index (χ1v) is 8.35. The predicted octanol–water partition coefficient (Wildman–Crippen LogP) is 3.25. The highest BCUT2D eigenvalue weighted by Crippen LogP contribution is 2.33. The van der Waals surface area contributed by atoms with Gasteiger partial charge < -0.3 is 16.4 Å². The summed E-state index contributed by atoms with van der Waals surface area (Å²) in [5.41, 5.74) is 9.49. The van der Waals surface area contributed by atoms with Gasteiger partial charge in [0.25, 0.3) is 5.91 Å². The summed E-state index contributed by atoms with van der Waals surface area (Å²) in [5, 5.41) is 5.81. The summed E-state index contributed by atoms with van der Waals surface area (Å²) in [7, 11) is 0. The molecule has 4 N–H and O–H groups in total. The lowest BCUT2D eigenvalue weighted by Crippen LogP contribution is -2.11. The molecule has 1 aliphatic heterocycles. The van der Waals surface area contributed by atoms with E-state index < -0.39 is 5.91 Å². The molecule has 0 saturated heterocycles. The highest BCUT2D eigenvalue weighted by atomic mass is 16.2. The fraction of sp³-hybridized carbons (Fsp3) is 0. The number of hydrogen-bond donors (Lipinski definition) is 3. The molecule has 3 aromatic rings. The average Bonchev–Trinajstić information content (AvgIpc) is 3.01. The first-order valence-electron chi connectivity index (χ1n) is 8.35. The van der Waals surface area contributed by atoms with E-state index in [0.717, 1.165) is 16.7 Å². The number of carbonyl (C=O) groups is 2. The van der Waals surface area contributed by atoms with Crippen molar-refractivity contribution in [3.63, 3.8) is 0 Å². The van der Waals surface area contributed by atoms with Gasteiger partial charge in [0.1, 0.15) is 5.82 Å². The number of carbonyl (C=O) groups excluding carboxylic acids is 2. The number of amides is 2. The summed E-state index contributed by atoms with van der Waals surface area (Å²) in [6.07, 6.45) is 3.35. The van der Waals surface area contributed by atoms with Crippen molar-refractivity contribution < 1.29 is 9.59 Å². The van der Waals surface area contributed by atoms with Crippen molar-refractivity contribution in [2.24, 2.45) is 5.73 Å². The highest BCUT2D eigenvalue weighted by molar-refractivity contribution is 6.31. The van der Waals surface area contributed by atoms with Crippen LogP contribution in [-0.2, 0) is 4.79 Å². The molecular weight excluding hydrogens is 340 g/mol. The van der Waals surface area contributed by atoms with Gasteiger partial charge in [-0.3, -0.25) is 9.59 Å². The Balaban J connectivity index is 1.67. The van der Waals surface area contributed by atoms with Crippen LogP contribution in [0, 0.1) is 0 Å². The second-order valence-corrected chi connectivity index (χ2v) is 6.09. The number of benzene rings is 2. The second kappa shape index (κ2) is 6.76. The zero-order valence-electron chi connectivity index (χ0n) is 14.3. The van der Waals surface area contributed by atoms with E-state index in [0.29, 0.717) is 22.6 Å². The van der Waals surface area contributed by atoms with Crippen LogP contribution in [0.25, 0.3) is 16.7 Å². The molecular formula is C21H16N4O2. The Bertz CT molecular complexity index is 1070. The van der Waals surface area contributed by atoms with E-state index in [1.807, 2.05) is 36.4 Å². The first kappa shape index (κ1) is 16.5. The minimum absolute atomic E-state index is 0.235. The Kier molecular flexibility index (Phi) is 4.14. The van der Waals surface area contributed by atoms with Crippen molar-refractivity contribution in [1.82, 2.24) is 4.98 Å². The molecule has 1 aromatic heterocycles. The zero-order chi connectivity index (χ0) is 18.8. The van der Waals surface area contributed by atoms with Gasteiger partial charge in [-0.1, -0.05) is 36.4 Å². The molecule has 0 atom stereocenters. The molecule has 0 bridgehead atoms. The van der Waals surface area contributed by atoms with Crippen molar-refractivity contribution in [3.05, 3.63) is 84.2 Å². The number of nitrogens with two attached hydrogens (primary N) is 1. The molecule has 1 aliphatic rings. The van der Waals surface area contributed by atoms with Gasteiger partial charge in [-0.25, -0.2) is 4.98 Å². The molecule has 0 spiro atoms. The zero-order valence-corrected chi connectivity index (χ0v) is 14.3. The van der Waals surface area contributed by atoms with Crippen molar-refractivity contribution in [2.45, 2.75) is 0 Å². The Hall–Kier alpha value is -3.93. The number of hydrogen-bond acceptors (Lipinski definition) is 4. The van der Waals surface area contributed by atoms with E-state index >= 15 is 0 Å². The fourth-order valence-corrected chi connectivity index (χ4v) is 2.92. The number of nitrogens with one attached hydrogen (secondary N) is 2. The SMILES string of the molecule is NC(=O)c1cccc(NC=C2C(=O)Nc3ncc(-c4ccccc4)cc32)c1. The molecule has 4 rings (SSSR count). The molecule has 6 nitrogen and oxygen atoms in total. The van der Waals surface area contributed by atoms with E-state index in [1.165, 1.54) is 0 Å². The van der Waals surface area contributed by atoms with Crippen LogP contribution in [0.4, 0.5) is 11.5 Å².